The van der Waals surface area contributed by atoms with Gasteiger partial charge in [-0.3, -0.25) is 9.10 Å². The van der Waals surface area contributed by atoms with Crippen LogP contribution >= 0.6 is 0 Å². The first-order valence-electron chi connectivity index (χ1n) is 8.71. The first-order chi connectivity index (χ1) is 13.4. The molecule has 8 nitrogen and oxygen atoms in total. The Kier molecular flexibility index (Phi) is 5.12. The third-order valence-corrected chi connectivity index (χ3v) is 8.55. The van der Waals surface area contributed by atoms with E-state index in [0.29, 0.717) is 9.99 Å². The summed E-state index contributed by atoms with van der Waals surface area (Å²) in [5.74, 6) is -0.918. The van der Waals surface area contributed by atoms with Crippen molar-refractivity contribution in [2.75, 3.05) is 28.5 Å². The summed E-state index contributed by atoms with van der Waals surface area (Å²) in [7, 11) is -5.31. The maximum absolute atomic E-state index is 13.2. The molecule has 1 saturated heterocycles. The highest BCUT2D eigenvalue weighted by molar-refractivity contribution is 7.94. The number of nitrogens with zero attached hydrogens (tertiary/aromatic N) is 2. The van der Waals surface area contributed by atoms with Crippen molar-refractivity contribution in [2.45, 2.75) is 18.7 Å². The van der Waals surface area contributed by atoms with Gasteiger partial charge in [-0.15, -0.1) is 0 Å². The summed E-state index contributed by atoms with van der Waals surface area (Å²) in [6.07, 6.45) is 0. The summed E-state index contributed by atoms with van der Waals surface area (Å²) >= 11 is 0. The second-order valence-corrected chi connectivity index (χ2v) is 11.1. The lowest BCUT2D eigenvalue weighted by Crippen LogP contribution is -2.33. The third-order valence-electron chi connectivity index (χ3n) is 4.72. The molecule has 0 N–H and O–H groups in total. The smallest absolute Gasteiger partial charge is 0.267 e. The van der Waals surface area contributed by atoms with E-state index >= 15 is 0 Å². The highest BCUT2D eigenvalue weighted by Gasteiger charge is 2.50. The van der Waals surface area contributed by atoms with Crippen LogP contribution in [0.25, 0.3) is 0 Å². The summed E-state index contributed by atoms with van der Waals surface area (Å²) in [5.41, 5.74) is -0.717. The van der Waals surface area contributed by atoms with Gasteiger partial charge in [0.15, 0.2) is 0 Å². The predicted octanol–water partition coefficient (Wildman–Crippen LogP) is 2.22. The minimum atomic E-state index is -4.09. The lowest BCUT2D eigenvalue weighted by atomic mass is 9.95. The number of ether oxygens (including phenoxy) is 1. The van der Waals surface area contributed by atoms with Crippen molar-refractivity contribution in [3.63, 3.8) is 0 Å². The number of rotatable bonds is 5. The second-order valence-electron chi connectivity index (χ2n) is 7.35. The van der Waals surface area contributed by atoms with Gasteiger partial charge in [-0.2, -0.15) is 0 Å². The van der Waals surface area contributed by atoms with Crippen LogP contribution in [-0.2, 0) is 24.8 Å². The molecule has 0 aliphatic carbocycles. The minimum absolute atomic E-state index is 0.0404. The normalized spacial score (nSPS) is 17.9. The van der Waals surface area contributed by atoms with Crippen LogP contribution in [0.3, 0.4) is 0 Å². The van der Waals surface area contributed by atoms with Crippen molar-refractivity contribution in [1.29, 1.82) is 0 Å². The van der Waals surface area contributed by atoms with E-state index < -0.39 is 31.4 Å². The number of hydrogen-bond donors (Lipinski definition) is 0. The molecule has 1 aliphatic rings. The van der Waals surface area contributed by atoms with E-state index in [-0.39, 0.29) is 22.1 Å². The molecule has 1 heterocycles. The molecule has 0 saturated carbocycles. The van der Waals surface area contributed by atoms with Crippen molar-refractivity contribution < 1.29 is 26.4 Å². The van der Waals surface area contributed by atoms with Gasteiger partial charge in [0.1, 0.15) is 10.6 Å². The number of para-hydroxylation sites is 1. The van der Waals surface area contributed by atoms with Crippen molar-refractivity contribution in [2.24, 2.45) is 5.41 Å². The number of anilines is 2. The van der Waals surface area contributed by atoms with E-state index in [4.69, 9.17) is 4.74 Å². The Hall–Kier alpha value is -2.59. The molecule has 1 fully saturated rings. The summed E-state index contributed by atoms with van der Waals surface area (Å²) in [6.45, 7) is 3.08. The minimum Gasteiger partial charge on any atom is -0.495 e. The van der Waals surface area contributed by atoms with Gasteiger partial charge in [0, 0.05) is 7.05 Å². The van der Waals surface area contributed by atoms with E-state index in [0.717, 1.165) is 10.4 Å². The number of benzene rings is 2. The molecule has 156 valence electrons. The molecule has 29 heavy (non-hydrogen) atoms. The molecule has 0 unspecified atom stereocenters. The van der Waals surface area contributed by atoms with E-state index in [9.17, 15) is 21.6 Å². The number of hydrogen-bond acceptors (Lipinski definition) is 6. The van der Waals surface area contributed by atoms with Crippen molar-refractivity contribution in [3.8, 4) is 5.75 Å². The van der Waals surface area contributed by atoms with Gasteiger partial charge in [0.05, 0.1) is 29.7 Å². The fourth-order valence-electron chi connectivity index (χ4n) is 3.18. The average Bonchev–Trinajstić information content (AvgIpc) is 2.83. The monoisotopic (exact) mass is 438 g/mol. The summed E-state index contributed by atoms with van der Waals surface area (Å²) in [6, 6.07) is 12.3. The molecule has 1 amide bonds. The van der Waals surface area contributed by atoms with Crippen LogP contribution < -0.4 is 13.3 Å². The predicted molar refractivity (Wildman–Crippen MR) is 110 cm³/mol. The Balaban J connectivity index is 2.15. The molecule has 0 atom stereocenters. The maximum atomic E-state index is 13.2. The topological polar surface area (TPSA) is 101 Å². The first kappa shape index (κ1) is 21.1. The van der Waals surface area contributed by atoms with Gasteiger partial charge in [-0.25, -0.2) is 21.1 Å². The van der Waals surface area contributed by atoms with Crippen molar-refractivity contribution in [3.05, 3.63) is 48.5 Å². The molecule has 0 aromatic heterocycles. The van der Waals surface area contributed by atoms with Gasteiger partial charge < -0.3 is 4.74 Å². The lowest BCUT2D eigenvalue weighted by molar-refractivity contribution is -0.123. The Labute approximate surface area is 170 Å². The average molecular weight is 439 g/mol. The molecule has 1 aliphatic heterocycles. The Morgan fingerprint density at radius 2 is 1.72 bits per heavy atom. The number of carbonyl (C=O) groups is 1. The summed E-state index contributed by atoms with van der Waals surface area (Å²) in [4.78, 5) is 12.4. The van der Waals surface area contributed by atoms with Gasteiger partial charge in [0.25, 0.3) is 10.0 Å². The Morgan fingerprint density at radius 3 is 2.24 bits per heavy atom. The van der Waals surface area contributed by atoms with Crippen LogP contribution in [0.2, 0.25) is 0 Å². The lowest BCUT2D eigenvalue weighted by Gasteiger charge is -2.23. The van der Waals surface area contributed by atoms with Gasteiger partial charge in [0.2, 0.25) is 15.9 Å². The molecule has 2 aromatic rings. The standard InChI is InChI=1S/C19H22N2O6S2/c1-19(2)13-28(23,24)21(18(19)22)15-10-11-16(27-4)17(12-15)29(25,26)20(3)14-8-6-5-7-9-14/h5-12H,13H2,1-4H3. The largest absolute Gasteiger partial charge is 0.495 e. The summed E-state index contributed by atoms with van der Waals surface area (Å²) in [5, 5.41) is 0. The molecular formula is C19H22N2O6S2. The van der Waals surface area contributed by atoms with Crippen LogP contribution in [0.15, 0.2) is 53.4 Å². The zero-order valence-corrected chi connectivity index (χ0v) is 18.1. The number of sulfonamides is 2. The van der Waals surface area contributed by atoms with Crippen LogP contribution in [0, 0.1) is 5.41 Å². The SMILES string of the molecule is COc1ccc(N2C(=O)C(C)(C)CS2(=O)=O)cc1S(=O)(=O)N(C)c1ccccc1. The van der Waals surface area contributed by atoms with Crippen molar-refractivity contribution in [1.82, 2.24) is 0 Å². The van der Waals surface area contributed by atoms with E-state index in [1.165, 1.54) is 40.1 Å². The van der Waals surface area contributed by atoms with Crippen molar-refractivity contribution >= 4 is 37.3 Å². The number of carbonyl (C=O) groups excluding carboxylic acids is 1. The van der Waals surface area contributed by atoms with Gasteiger partial charge in [-0.1, -0.05) is 18.2 Å². The fourth-order valence-corrected chi connectivity index (χ4v) is 6.65. The molecule has 0 radical (unpaired) electrons. The van der Waals surface area contributed by atoms with E-state index in [1.54, 1.807) is 30.3 Å². The maximum Gasteiger partial charge on any atom is 0.267 e. The number of amides is 1. The Bertz CT molecular complexity index is 1160. The Morgan fingerprint density at radius 1 is 1.10 bits per heavy atom. The van der Waals surface area contributed by atoms with Crippen LogP contribution in [0.5, 0.6) is 5.75 Å². The van der Waals surface area contributed by atoms with Crippen LogP contribution in [0.1, 0.15) is 13.8 Å². The number of methoxy groups -OCH3 is 1. The highest BCUT2D eigenvalue weighted by Crippen LogP contribution is 2.39. The molecule has 2 aromatic carbocycles. The van der Waals surface area contributed by atoms with E-state index in [2.05, 4.69) is 0 Å². The quantitative estimate of drug-likeness (QED) is 0.710. The molecule has 10 heteroatoms. The fraction of sp³-hybridized carbons (Fsp3) is 0.316. The van der Waals surface area contributed by atoms with Gasteiger partial charge in [-0.05, 0) is 44.2 Å². The van der Waals surface area contributed by atoms with Gasteiger partial charge >= 0.3 is 0 Å². The summed E-state index contributed by atoms with van der Waals surface area (Å²) < 4.78 is 58.6. The highest BCUT2D eigenvalue weighted by atomic mass is 32.2. The van der Waals surface area contributed by atoms with Crippen LogP contribution in [0.4, 0.5) is 11.4 Å². The molecular weight excluding hydrogens is 416 g/mol. The molecule has 3 rings (SSSR count). The van der Waals surface area contributed by atoms with Crippen LogP contribution in [-0.4, -0.2) is 42.7 Å². The zero-order chi connectivity index (χ0) is 21.6. The molecule has 0 bridgehead atoms. The van der Waals surface area contributed by atoms with E-state index in [1.807, 2.05) is 0 Å². The first-order valence-corrected chi connectivity index (χ1v) is 11.8. The third kappa shape index (κ3) is 3.58. The zero-order valence-electron chi connectivity index (χ0n) is 16.5. The second kappa shape index (κ2) is 7.03. The molecule has 0 spiro atoms.